The molecule has 0 aromatic heterocycles. The first-order chi connectivity index (χ1) is 35.3. The zero-order valence-electron chi connectivity index (χ0n) is 42.3. The molecule has 0 saturated carbocycles. The minimum absolute atomic E-state index is 0.0508. The topological polar surface area (TPSA) is 429 Å². The van der Waals surface area contributed by atoms with Crippen LogP contribution in [-0.4, -0.2) is 166 Å². The predicted octanol–water partition coefficient (Wildman–Crippen LogP) is -4.73. The average molecular weight is 1110 g/mol. The van der Waals surface area contributed by atoms with E-state index in [1.807, 2.05) is 13.8 Å². The molecular formula is C46H73N13O13S3. The van der Waals surface area contributed by atoms with E-state index >= 15 is 0 Å². The van der Waals surface area contributed by atoms with Gasteiger partial charge in [0.1, 0.15) is 54.1 Å². The molecule has 17 N–H and O–H groups in total. The van der Waals surface area contributed by atoms with Crippen LogP contribution in [0.1, 0.15) is 78.2 Å². The number of hydrogen-bond donors (Lipinski definition) is 16. The monoisotopic (exact) mass is 1110 g/mol. The molecule has 12 amide bonds. The molecule has 1 heterocycles. The largest absolute Gasteiger partial charge is 0.508 e. The van der Waals surface area contributed by atoms with Crippen molar-refractivity contribution >= 4 is 109 Å². The number of rotatable bonds is 32. The molecule has 26 nitrogen and oxygen atoms in total. The second kappa shape index (κ2) is 32.2. The van der Waals surface area contributed by atoms with E-state index in [1.165, 1.54) is 29.2 Å². The summed E-state index contributed by atoms with van der Waals surface area (Å²) in [4.78, 5) is 159. The molecule has 1 aromatic rings. The molecule has 0 bridgehead atoms. The Bertz CT molecular complexity index is 2210. The third kappa shape index (κ3) is 21.8. The summed E-state index contributed by atoms with van der Waals surface area (Å²) in [6, 6.07) is -6.44. The zero-order valence-corrected chi connectivity index (χ0v) is 45.0. The van der Waals surface area contributed by atoms with Crippen molar-refractivity contribution in [3.8, 4) is 5.75 Å². The summed E-state index contributed by atoms with van der Waals surface area (Å²) in [7, 11) is 0. The van der Waals surface area contributed by atoms with Gasteiger partial charge in [0.25, 0.3) is 0 Å². The van der Waals surface area contributed by atoms with Crippen molar-refractivity contribution < 1.29 is 62.6 Å². The number of hydrogen-bond acceptors (Lipinski definition) is 17. The number of benzene rings is 1. The normalized spacial score (nSPS) is 16.7. The van der Waals surface area contributed by atoms with Gasteiger partial charge in [-0.3, -0.25) is 57.5 Å². The number of amides is 12. The predicted molar refractivity (Wildman–Crippen MR) is 283 cm³/mol. The number of primary amides is 3. The molecular weight excluding hydrogens is 1040 g/mol. The van der Waals surface area contributed by atoms with E-state index in [0.29, 0.717) is 18.4 Å². The molecule has 1 aromatic carbocycles. The minimum atomic E-state index is -1.81. The molecule has 418 valence electrons. The van der Waals surface area contributed by atoms with Crippen molar-refractivity contribution in [3.05, 3.63) is 29.8 Å². The molecule has 29 heteroatoms. The molecule has 1 aliphatic rings. The lowest BCUT2D eigenvalue weighted by molar-refractivity contribution is -0.142. The number of likely N-dealkylation sites (tertiary alicyclic amines) is 1. The highest BCUT2D eigenvalue weighted by Crippen LogP contribution is 2.20. The number of phenolic OH excluding ortho intramolecular Hbond substituents is 1. The van der Waals surface area contributed by atoms with Crippen LogP contribution in [0.25, 0.3) is 0 Å². The maximum absolute atomic E-state index is 14.1. The number of carbonyl (C=O) groups excluding carboxylic acids is 12. The summed E-state index contributed by atoms with van der Waals surface area (Å²) < 4.78 is 0. The minimum Gasteiger partial charge on any atom is -0.508 e. The summed E-state index contributed by atoms with van der Waals surface area (Å²) in [5, 5.41) is 29.6. The van der Waals surface area contributed by atoms with E-state index < -0.39 is 163 Å². The van der Waals surface area contributed by atoms with Crippen LogP contribution in [0.4, 0.5) is 0 Å². The van der Waals surface area contributed by atoms with Crippen LogP contribution in [0.2, 0.25) is 0 Å². The van der Waals surface area contributed by atoms with Crippen LogP contribution in [0, 0.1) is 11.8 Å². The summed E-state index contributed by atoms with van der Waals surface area (Å²) in [6.45, 7) is 6.62. The van der Waals surface area contributed by atoms with Crippen LogP contribution >= 0.6 is 37.9 Å². The van der Waals surface area contributed by atoms with Crippen molar-refractivity contribution in [2.75, 3.05) is 30.3 Å². The van der Waals surface area contributed by atoms with Crippen LogP contribution < -0.4 is 65.5 Å². The highest BCUT2D eigenvalue weighted by Gasteiger charge is 2.40. The van der Waals surface area contributed by atoms with E-state index in [4.69, 9.17) is 22.9 Å². The van der Waals surface area contributed by atoms with E-state index in [2.05, 4.69) is 80.4 Å². The third-order valence-electron chi connectivity index (χ3n) is 11.9. The van der Waals surface area contributed by atoms with Gasteiger partial charge in [-0.05, 0) is 55.2 Å². The zero-order chi connectivity index (χ0) is 56.7. The SMILES string of the molecule is CC[C@H](C)[C@H](NC(=O)[C@H](Cc1ccc(O)cc1)NC(=O)[C@@H](N)CS)C(=O)N[C@@H](CCC(N)=O)C(=O)N[C@@H](CC(N)=O)C(=O)N[C@@H](CS)C(=O)N[C@@H](CS)C(=O)N1CCC[C@H]1C(=O)N[C@@H](CC(C)C)C(=O)NCC(N)=O. The first kappa shape index (κ1) is 64.8. The Morgan fingerprint density at radius 3 is 1.73 bits per heavy atom. The van der Waals surface area contributed by atoms with Crippen molar-refractivity contribution in [1.82, 2.24) is 47.4 Å². The van der Waals surface area contributed by atoms with Gasteiger partial charge in [-0.2, -0.15) is 37.9 Å². The Balaban J connectivity index is 2.31. The quantitative estimate of drug-likeness (QED) is 0.0302. The lowest BCUT2D eigenvalue weighted by Crippen LogP contribution is -2.61. The van der Waals surface area contributed by atoms with Gasteiger partial charge in [0.2, 0.25) is 70.9 Å². The van der Waals surface area contributed by atoms with Crippen LogP contribution in [0.3, 0.4) is 0 Å². The first-order valence-corrected chi connectivity index (χ1v) is 26.1. The number of nitrogens with two attached hydrogens (primary N) is 4. The van der Waals surface area contributed by atoms with Gasteiger partial charge in [0.05, 0.1) is 19.0 Å². The molecule has 2 rings (SSSR count). The Morgan fingerprint density at radius 2 is 1.19 bits per heavy atom. The summed E-state index contributed by atoms with van der Waals surface area (Å²) in [5.41, 5.74) is 22.4. The second-order valence-electron chi connectivity index (χ2n) is 18.4. The van der Waals surface area contributed by atoms with Gasteiger partial charge in [0, 0.05) is 36.6 Å². The fraction of sp³-hybridized carbons (Fsp3) is 0.609. The number of nitrogens with one attached hydrogen (secondary N) is 8. The number of nitrogens with zero attached hydrogens (tertiary/aromatic N) is 1. The van der Waals surface area contributed by atoms with E-state index in [9.17, 15) is 62.6 Å². The molecule has 10 atom stereocenters. The molecule has 1 fully saturated rings. The van der Waals surface area contributed by atoms with Gasteiger partial charge < -0.3 is 75.5 Å². The van der Waals surface area contributed by atoms with Crippen molar-refractivity contribution in [2.45, 2.75) is 133 Å². The van der Waals surface area contributed by atoms with Crippen LogP contribution in [0.5, 0.6) is 5.75 Å². The number of thiol groups is 3. The smallest absolute Gasteiger partial charge is 0.246 e. The first-order valence-electron chi connectivity index (χ1n) is 24.2. The fourth-order valence-corrected chi connectivity index (χ4v) is 8.26. The van der Waals surface area contributed by atoms with E-state index in [1.54, 1.807) is 13.8 Å². The summed E-state index contributed by atoms with van der Waals surface area (Å²) in [5.74, 6) is -11.9. The second-order valence-corrected chi connectivity index (χ2v) is 19.5. The maximum Gasteiger partial charge on any atom is 0.246 e. The summed E-state index contributed by atoms with van der Waals surface area (Å²) >= 11 is 12.5. The molecule has 0 spiro atoms. The van der Waals surface area contributed by atoms with Crippen molar-refractivity contribution in [3.63, 3.8) is 0 Å². The van der Waals surface area contributed by atoms with E-state index in [-0.39, 0.29) is 49.0 Å². The number of aromatic hydroxyl groups is 1. The third-order valence-corrected chi connectivity index (χ3v) is 13.0. The Kier molecular flexibility index (Phi) is 27.8. The Hall–Kier alpha value is -6.33. The van der Waals surface area contributed by atoms with Gasteiger partial charge >= 0.3 is 0 Å². The standard InChI is InChI=1S/C46H73N13O13S3/c1-5-23(4)37(58-42(68)29(53-38(64)26(47)19-73)16-24-8-10-25(60)11-9-24)45(71)52-27(12-13-34(48)61)40(66)54-30(17-35(49)62)41(67)56-31(20-74)43(69)57-32(21-75)46(72)59-14-6-7-33(59)44(70)55-28(15-22(2)3)39(65)51-18-36(50)63/h8-11,22-23,26-33,37,60,73-75H,5-7,12-21,47H2,1-4H3,(H2,48,61)(H2,49,62)(H2,50,63)(H,51,65)(H,52,71)(H,53,64)(H,54,66)(H,55,70)(H,56,67)(H,57,69)(H,58,68)/t23-,26-,27-,28-,29-,30-,31-,32-,33-,37-/m0/s1. The molecule has 1 aliphatic heterocycles. The van der Waals surface area contributed by atoms with Crippen LogP contribution in [0.15, 0.2) is 24.3 Å². The van der Waals surface area contributed by atoms with Gasteiger partial charge in [-0.25, -0.2) is 0 Å². The molecule has 75 heavy (non-hydrogen) atoms. The Labute approximate surface area is 451 Å². The number of phenols is 1. The average Bonchev–Trinajstić information content (AvgIpc) is 3.86. The highest BCUT2D eigenvalue weighted by molar-refractivity contribution is 7.80. The van der Waals surface area contributed by atoms with E-state index in [0.717, 1.165) is 0 Å². The lowest BCUT2D eigenvalue weighted by atomic mass is 9.96. The van der Waals surface area contributed by atoms with Gasteiger partial charge in [-0.1, -0.05) is 46.2 Å². The van der Waals surface area contributed by atoms with Crippen LogP contribution in [-0.2, 0) is 64.0 Å². The number of carbonyl (C=O) groups is 12. The summed E-state index contributed by atoms with van der Waals surface area (Å²) in [6.07, 6.45) is -0.751. The molecule has 0 radical (unpaired) electrons. The lowest BCUT2D eigenvalue weighted by Gasteiger charge is -2.30. The fourth-order valence-electron chi connectivity index (χ4n) is 7.59. The maximum atomic E-state index is 14.1. The highest BCUT2D eigenvalue weighted by atomic mass is 32.1. The molecule has 1 saturated heterocycles. The molecule has 0 aliphatic carbocycles. The van der Waals surface area contributed by atoms with Gasteiger partial charge in [0.15, 0.2) is 0 Å². The van der Waals surface area contributed by atoms with Crippen molar-refractivity contribution in [1.29, 1.82) is 0 Å². The van der Waals surface area contributed by atoms with Crippen molar-refractivity contribution in [2.24, 2.45) is 34.8 Å². The van der Waals surface area contributed by atoms with Gasteiger partial charge in [-0.15, -0.1) is 0 Å². The Morgan fingerprint density at radius 1 is 0.640 bits per heavy atom. The molecule has 0 unspecified atom stereocenters.